The number of hydrogen-bond acceptors (Lipinski definition) is 1. The summed E-state index contributed by atoms with van der Waals surface area (Å²) in [5.41, 5.74) is 2.33. The lowest BCUT2D eigenvalue weighted by Crippen LogP contribution is -2.51. The molecular weight excluding hydrogens is 290 g/mol. The highest BCUT2D eigenvalue weighted by molar-refractivity contribution is 5.28. The summed E-state index contributed by atoms with van der Waals surface area (Å²) in [6, 6.07) is 2.34. The Labute approximate surface area is 149 Å². The molecule has 0 aromatic heterocycles. The van der Waals surface area contributed by atoms with Gasteiger partial charge in [0.25, 0.3) is 0 Å². The number of fused-ring (bicyclic) bond motifs is 3. The summed E-state index contributed by atoms with van der Waals surface area (Å²) in [5, 5.41) is 9.19. The van der Waals surface area contributed by atoms with Crippen LogP contribution in [0.1, 0.15) is 86.0 Å². The van der Waals surface area contributed by atoms with Gasteiger partial charge < -0.3 is 0 Å². The van der Waals surface area contributed by atoms with Crippen LogP contribution in [0.15, 0.2) is 11.6 Å². The van der Waals surface area contributed by atoms with Crippen LogP contribution >= 0.6 is 0 Å². The lowest BCUT2D eigenvalue weighted by atomic mass is 9.46. The lowest BCUT2D eigenvalue weighted by molar-refractivity contribution is -0.0900. The third kappa shape index (κ3) is 2.65. The van der Waals surface area contributed by atoms with E-state index >= 15 is 0 Å². The summed E-state index contributed by atoms with van der Waals surface area (Å²) in [6.45, 7) is 12.4. The molecule has 3 fully saturated rings. The second-order valence-corrected chi connectivity index (χ2v) is 9.96. The van der Waals surface area contributed by atoms with Crippen LogP contribution in [-0.4, -0.2) is 0 Å². The summed E-state index contributed by atoms with van der Waals surface area (Å²) in [6.07, 6.45) is 12.7. The quantitative estimate of drug-likeness (QED) is 0.526. The van der Waals surface area contributed by atoms with E-state index in [2.05, 4.69) is 40.7 Å². The van der Waals surface area contributed by atoms with Gasteiger partial charge in [-0.25, -0.2) is 0 Å². The van der Waals surface area contributed by atoms with Crippen molar-refractivity contribution in [2.75, 3.05) is 0 Å². The standard InChI is InChI=1S/C23H37N/c1-6-17-7-9-19-20-10-8-18(12-14-24)22(20,4)13-11-21(19)23(17,5)15-16(2)3/h12,16-17,19-21H,6-11,13,15H2,1-5H3/b18-12-/t17?,19-,20?,21?,22+,23?/m0/s1. The van der Waals surface area contributed by atoms with E-state index in [0.29, 0.717) is 10.8 Å². The Kier molecular flexibility index (Phi) is 4.89. The molecule has 0 N–H and O–H groups in total. The molecule has 1 nitrogen and oxygen atoms in total. The van der Waals surface area contributed by atoms with Gasteiger partial charge in [-0.05, 0) is 85.4 Å². The lowest BCUT2D eigenvalue weighted by Gasteiger charge is -2.59. The summed E-state index contributed by atoms with van der Waals surface area (Å²) in [4.78, 5) is 0. The van der Waals surface area contributed by atoms with Crippen LogP contribution in [0, 0.1) is 51.8 Å². The largest absolute Gasteiger partial charge is 0.193 e. The molecule has 3 rings (SSSR count). The summed E-state index contributed by atoms with van der Waals surface area (Å²) < 4.78 is 0. The zero-order chi connectivity index (χ0) is 17.5. The molecule has 3 aliphatic carbocycles. The molecule has 0 heterocycles. The molecule has 6 atom stereocenters. The molecule has 4 unspecified atom stereocenters. The zero-order valence-electron chi connectivity index (χ0n) is 16.6. The second kappa shape index (κ2) is 6.51. The minimum absolute atomic E-state index is 0.328. The van der Waals surface area contributed by atoms with E-state index in [4.69, 9.17) is 0 Å². The van der Waals surface area contributed by atoms with Gasteiger partial charge in [-0.2, -0.15) is 5.26 Å². The minimum Gasteiger partial charge on any atom is -0.193 e. The molecule has 1 heteroatoms. The topological polar surface area (TPSA) is 23.8 Å². The van der Waals surface area contributed by atoms with Crippen molar-refractivity contribution in [3.05, 3.63) is 11.6 Å². The van der Waals surface area contributed by atoms with Gasteiger partial charge in [0.05, 0.1) is 6.07 Å². The van der Waals surface area contributed by atoms with E-state index < -0.39 is 0 Å². The van der Waals surface area contributed by atoms with E-state index in [1.165, 1.54) is 56.9 Å². The van der Waals surface area contributed by atoms with Crippen molar-refractivity contribution in [1.82, 2.24) is 0 Å². The first-order valence-electron chi connectivity index (χ1n) is 10.5. The summed E-state index contributed by atoms with van der Waals surface area (Å²) >= 11 is 0. The molecule has 0 aromatic carbocycles. The van der Waals surface area contributed by atoms with Crippen LogP contribution in [0.3, 0.4) is 0 Å². The van der Waals surface area contributed by atoms with Gasteiger partial charge in [0.1, 0.15) is 0 Å². The maximum absolute atomic E-state index is 9.19. The third-order valence-corrected chi connectivity index (χ3v) is 8.49. The fourth-order valence-corrected chi connectivity index (χ4v) is 7.57. The molecule has 0 aliphatic heterocycles. The average molecular weight is 328 g/mol. The van der Waals surface area contributed by atoms with E-state index in [9.17, 15) is 5.26 Å². The first-order chi connectivity index (χ1) is 11.4. The van der Waals surface area contributed by atoms with Crippen LogP contribution in [0.25, 0.3) is 0 Å². The summed E-state index contributed by atoms with van der Waals surface area (Å²) in [7, 11) is 0. The molecule has 0 radical (unpaired) electrons. The van der Waals surface area contributed by atoms with Crippen LogP contribution in [0.4, 0.5) is 0 Å². The van der Waals surface area contributed by atoms with Gasteiger partial charge in [0, 0.05) is 6.08 Å². The van der Waals surface area contributed by atoms with Crippen molar-refractivity contribution in [2.24, 2.45) is 40.4 Å². The smallest absolute Gasteiger partial charge is 0.0911 e. The van der Waals surface area contributed by atoms with E-state index in [0.717, 1.165) is 29.6 Å². The predicted octanol–water partition coefficient (Wildman–Crippen LogP) is 6.75. The number of allylic oxidation sites excluding steroid dienone is 2. The number of rotatable bonds is 3. The third-order valence-electron chi connectivity index (χ3n) is 8.49. The zero-order valence-corrected chi connectivity index (χ0v) is 16.6. The van der Waals surface area contributed by atoms with Crippen molar-refractivity contribution in [2.45, 2.75) is 86.0 Å². The number of nitrogens with zero attached hydrogens (tertiary/aromatic N) is 1. The predicted molar refractivity (Wildman–Crippen MR) is 101 cm³/mol. The molecule has 3 aliphatic rings. The van der Waals surface area contributed by atoms with Crippen molar-refractivity contribution in [3.8, 4) is 6.07 Å². The molecule has 0 amide bonds. The van der Waals surface area contributed by atoms with E-state index in [1.54, 1.807) is 0 Å². The fourth-order valence-electron chi connectivity index (χ4n) is 7.57. The highest BCUT2D eigenvalue weighted by atomic mass is 14.6. The van der Waals surface area contributed by atoms with E-state index in [1.807, 2.05) is 6.08 Å². The Hall–Kier alpha value is -0.770. The van der Waals surface area contributed by atoms with Gasteiger partial charge in [-0.3, -0.25) is 0 Å². The van der Waals surface area contributed by atoms with Crippen LogP contribution in [0.2, 0.25) is 0 Å². The molecule has 24 heavy (non-hydrogen) atoms. The monoisotopic (exact) mass is 327 g/mol. The first kappa shape index (κ1) is 18.0. The normalized spacial score (nSPS) is 46.6. The van der Waals surface area contributed by atoms with Gasteiger partial charge in [-0.1, -0.05) is 46.6 Å². The van der Waals surface area contributed by atoms with Gasteiger partial charge in [0.15, 0.2) is 0 Å². The Balaban J connectivity index is 1.92. The maximum atomic E-state index is 9.19. The molecule has 0 aromatic rings. The second-order valence-electron chi connectivity index (χ2n) is 9.96. The maximum Gasteiger partial charge on any atom is 0.0911 e. The molecule has 134 valence electrons. The fraction of sp³-hybridized carbons (Fsp3) is 0.870. The molecule has 0 saturated heterocycles. The van der Waals surface area contributed by atoms with Crippen LogP contribution < -0.4 is 0 Å². The van der Waals surface area contributed by atoms with Crippen LogP contribution in [-0.2, 0) is 0 Å². The van der Waals surface area contributed by atoms with Crippen molar-refractivity contribution in [1.29, 1.82) is 5.26 Å². The molecule has 0 spiro atoms. The molecular formula is C23H37N. The molecule has 3 saturated carbocycles. The minimum atomic E-state index is 0.328. The van der Waals surface area contributed by atoms with Crippen molar-refractivity contribution in [3.63, 3.8) is 0 Å². The number of nitriles is 1. The van der Waals surface area contributed by atoms with Gasteiger partial charge in [0.2, 0.25) is 0 Å². The Bertz CT molecular complexity index is 539. The highest BCUT2D eigenvalue weighted by Gasteiger charge is 2.57. The van der Waals surface area contributed by atoms with E-state index in [-0.39, 0.29) is 0 Å². The van der Waals surface area contributed by atoms with Gasteiger partial charge >= 0.3 is 0 Å². The average Bonchev–Trinajstić information content (AvgIpc) is 2.84. The first-order valence-corrected chi connectivity index (χ1v) is 10.5. The van der Waals surface area contributed by atoms with Crippen molar-refractivity contribution < 1.29 is 0 Å². The SMILES string of the molecule is CCC1CC[C@@H]2C(CC[C@]3(C)/C(=C\C#N)CCC23)C1(C)CC(C)C. The van der Waals surface area contributed by atoms with Crippen LogP contribution in [0.5, 0.6) is 0 Å². The number of hydrogen-bond donors (Lipinski definition) is 0. The Morgan fingerprint density at radius 3 is 2.54 bits per heavy atom. The highest BCUT2D eigenvalue weighted by Crippen LogP contribution is 2.66. The molecule has 0 bridgehead atoms. The Morgan fingerprint density at radius 1 is 1.17 bits per heavy atom. The summed E-state index contributed by atoms with van der Waals surface area (Å²) in [5.74, 6) is 4.37. The van der Waals surface area contributed by atoms with Gasteiger partial charge in [-0.15, -0.1) is 0 Å². The van der Waals surface area contributed by atoms with Crippen molar-refractivity contribution >= 4 is 0 Å². The Morgan fingerprint density at radius 2 is 1.92 bits per heavy atom.